The van der Waals surface area contributed by atoms with Crippen LogP contribution in [0, 0.1) is 19.8 Å². The average Bonchev–Trinajstić information content (AvgIpc) is 3.26. The lowest BCUT2D eigenvalue weighted by atomic mass is 10.1. The van der Waals surface area contributed by atoms with Gasteiger partial charge in [0, 0.05) is 38.3 Å². The van der Waals surface area contributed by atoms with Gasteiger partial charge in [-0.25, -0.2) is 0 Å². The maximum atomic E-state index is 13.0. The first-order valence-corrected chi connectivity index (χ1v) is 12.3. The molecule has 1 atom stereocenters. The van der Waals surface area contributed by atoms with Gasteiger partial charge in [-0.15, -0.1) is 0 Å². The molecule has 0 spiro atoms. The number of hydrogen-bond donors (Lipinski definition) is 2. The number of aryl methyl sites for hydroxylation is 2. The van der Waals surface area contributed by atoms with E-state index in [2.05, 4.69) is 15.5 Å². The van der Waals surface area contributed by atoms with Gasteiger partial charge in [0.25, 0.3) is 5.91 Å². The topological polar surface area (TPSA) is 91.0 Å². The summed E-state index contributed by atoms with van der Waals surface area (Å²) in [6.45, 7) is 9.19. The SMILES string of the molecule is Cc1ccc(N2C[C@H](C(=O)Nc3ccccc3C(=O)NCCCN3CCOCC3)CC2=O)cc1C. The summed E-state index contributed by atoms with van der Waals surface area (Å²) >= 11 is 0. The van der Waals surface area contributed by atoms with E-state index in [0.29, 0.717) is 24.3 Å². The Bertz CT molecular complexity index is 1080. The fourth-order valence-corrected chi connectivity index (χ4v) is 4.48. The van der Waals surface area contributed by atoms with Gasteiger partial charge < -0.3 is 20.3 Å². The smallest absolute Gasteiger partial charge is 0.253 e. The van der Waals surface area contributed by atoms with Crippen LogP contribution < -0.4 is 15.5 Å². The van der Waals surface area contributed by atoms with Gasteiger partial charge in [-0.2, -0.15) is 0 Å². The molecule has 186 valence electrons. The lowest BCUT2D eigenvalue weighted by molar-refractivity contribution is -0.122. The summed E-state index contributed by atoms with van der Waals surface area (Å²) in [6, 6.07) is 12.9. The minimum atomic E-state index is -0.478. The predicted molar refractivity (Wildman–Crippen MR) is 136 cm³/mol. The third-order valence-electron chi connectivity index (χ3n) is 6.77. The van der Waals surface area contributed by atoms with Crippen LogP contribution in [0.5, 0.6) is 0 Å². The summed E-state index contributed by atoms with van der Waals surface area (Å²) in [4.78, 5) is 42.5. The van der Waals surface area contributed by atoms with E-state index in [1.165, 1.54) is 0 Å². The van der Waals surface area contributed by atoms with Gasteiger partial charge in [-0.3, -0.25) is 19.3 Å². The molecule has 35 heavy (non-hydrogen) atoms. The zero-order chi connectivity index (χ0) is 24.8. The molecule has 0 unspecified atom stereocenters. The summed E-state index contributed by atoms with van der Waals surface area (Å²) in [5.41, 5.74) is 3.95. The Hall–Kier alpha value is -3.23. The van der Waals surface area contributed by atoms with Crippen LogP contribution in [0.25, 0.3) is 0 Å². The second-order valence-corrected chi connectivity index (χ2v) is 9.27. The third-order valence-corrected chi connectivity index (χ3v) is 6.77. The van der Waals surface area contributed by atoms with Crippen molar-refractivity contribution in [2.45, 2.75) is 26.7 Å². The van der Waals surface area contributed by atoms with Crippen LogP contribution >= 0.6 is 0 Å². The Morgan fingerprint density at radius 1 is 1.06 bits per heavy atom. The van der Waals surface area contributed by atoms with E-state index in [9.17, 15) is 14.4 Å². The van der Waals surface area contributed by atoms with E-state index < -0.39 is 5.92 Å². The molecule has 2 saturated heterocycles. The predicted octanol–water partition coefficient (Wildman–Crippen LogP) is 2.75. The van der Waals surface area contributed by atoms with E-state index in [1.807, 2.05) is 32.0 Å². The number of carbonyl (C=O) groups excluding carboxylic acids is 3. The molecule has 2 fully saturated rings. The first kappa shape index (κ1) is 24.9. The van der Waals surface area contributed by atoms with Crippen molar-refractivity contribution in [2.24, 2.45) is 5.92 Å². The summed E-state index contributed by atoms with van der Waals surface area (Å²) in [5, 5.41) is 5.84. The molecule has 2 aliphatic heterocycles. The lowest BCUT2D eigenvalue weighted by Crippen LogP contribution is -2.38. The maximum Gasteiger partial charge on any atom is 0.253 e. The van der Waals surface area contributed by atoms with Gasteiger partial charge in [-0.05, 0) is 62.2 Å². The number of morpholine rings is 1. The van der Waals surface area contributed by atoms with Crippen molar-refractivity contribution in [3.05, 3.63) is 59.2 Å². The van der Waals surface area contributed by atoms with Gasteiger partial charge in [0.2, 0.25) is 11.8 Å². The van der Waals surface area contributed by atoms with Crippen LogP contribution in [0.4, 0.5) is 11.4 Å². The molecule has 4 rings (SSSR count). The monoisotopic (exact) mass is 478 g/mol. The van der Waals surface area contributed by atoms with Crippen LogP contribution in [0.2, 0.25) is 0 Å². The van der Waals surface area contributed by atoms with Crippen LogP contribution in [-0.4, -0.2) is 68.6 Å². The second-order valence-electron chi connectivity index (χ2n) is 9.27. The van der Waals surface area contributed by atoms with Gasteiger partial charge in [0.15, 0.2) is 0 Å². The molecular formula is C27H34N4O4. The van der Waals surface area contributed by atoms with Crippen LogP contribution in [0.15, 0.2) is 42.5 Å². The molecule has 0 bridgehead atoms. The normalized spacial score (nSPS) is 18.5. The van der Waals surface area contributed by atoms with E-state index in [4.69, 9.17) is 4.74 Å². The largest absolute Gasteiger partial charge is 0.379 e. The van der Waals surface area contributed by atoms with Crippen molar-refractivity contribution in [3.8, 4) is 0 Å². The highest BCUT2D eigenvalue weighted by Crippen LogP contribution is 2.28. The molecule has 8 heteroatoms. The molecule has 0 radical (unpaired) electrons. The summed E-state index contributed by atoms with van der Waals surface area (Å²) in [7, 11) is 0. The molecular weight excluding hydrogens is 444 g/mol. The third kappa shape index (κ3) is 6.26. The number of ether oxygens (including phenoxy) is 1. The summed E-state index contributed by atoms with van der Waals surface area (Å²) in [5.74, 6) is -1.02. The lowest BCUT2D eigenvalue weighted by Gasteiger charge is -2.26. The highest BCUT2D eigenvalue weighted by molar-refractivity contribution is 6.07. The van der Waals surface area contributed by atoms with E-state index in [-0.39, 0.29) is 24.1 Å². The number of hydrogen-bond acceptors (Lipinski definition) is 5. The molecule has 0 aliphatic carbocycles. The Morgan fingerprint density at radius 2 is 1.83 bits per heavy atom. The molecule has 2 aliphatic rings. The number of rotatable bonds is 8. The maximum absolute atomic E-state index is 13.0. The zero-order valence-corrected chi connectivity index (χ0v) is 20.5. The molecule has 2 aromatic carbocycles. The number of para-hydroxylation sites is 1. The zero-order valence-electron chi connectivity index (χ0n) is 20.5. The van der Waals surface area contributed by atoms with Gasteiger partial charge in [0.05, 0.1) is 30.4 Å². The van der Waals surface area contributed by atoms with Crippen LogP contribution in [0.1, 0.15) is 34.3 Å². The summed E-state index contributed by atoms with van der Waals surface area (Å²) < 4.78 is 5.36. The van der Waals surface area contributed by atoms with Crippen molar-refractivity contribution < 1.29 is 19.1 Å². The average molecular weight is 479 g/mol. The van der Waals surface area contributed by atoms with E-state index in [0.717, 1.165) is 56.1 Å². The fraction of sp³-hybridized carbons (Fsp3) is 0.444. The first-order valence-electron chi connectivity index (χ1n) is 12.3. The fourth-order valence-electron chi connectivity index (χ4n) is 4.48. The second kappa shape index (κ2) is 11.5. The van der Waals surface area contributed by atoms with E-state index in [1.54, 1.807) is 29.2 Å². The molecule has 2 heterocycles. The Morgan fingerprint density at radius 3 is 2.60 bits per heavy atom. The van der Waals surface area contributed by atoms with Crippen molar-refractivity contribution in [3.63, 3.8) is 0 Å². The van der Waals surface area contributed by atoms with Gasteiger partial charge in [-0.1, -0.05) is 18.2 Å². The molecule has 3 amide bonds. The van der Waals surface area contributed by atoms with Gasteiger partial charge in [0.1, 0.15) is 0 Å². The number of carbonyl (C=O) groups is 3. The molecule has 2 aromatic rings. The van der Waals surface area contributed by atoms with Gasteiger partial charge >= 0.3 is 0 Å². The van der Waals surface area contributed by atoms with Crippen LogP contribution in [-0.2, 0) is 14.3 Å². The quantitative estimate of drug-likeness (QED) is 0.570. The summed E-state index contributed by atoms with van der Waals surface area (Å²) in [6.07, 6.45) is 0.993. The number of amides is 3. The Kier molecular flexibility index (Phi) is 8.15. The van der Waals surface area contributed by atoms with Crippen molar-refractivity contribution >= 4 is 29.1 Å². The van der Waals surface area contributed by atoms with Crippen molar-refractivity contribution in [1.29, 1.82) is 0 Å². The minimum absolute atomic E-state index is 0.0697. The van der Waals surface area contributed by atoms with Crippen molar-refractivity contribution in [2.75, 3.05) is 56.2 Å². The molecule has 0 saturated carbocycles. The molecule has 8 nitrogen and oxygen atoms in total. The highest BCUT2D eigenvalue weighted by atomic mass is 16.5. The van der Waals surface area contributed by atoms with Crippen LogP contribution in [0.3, 0.4) is 0 Å². The molecule has 0 aromatic heterocycles. The number of anilines is 2. The first-order chi connectivity index (χ1) is 16.9. The Balaban J connectivity index is 1.32. The van der Waals surface area contributed by atoms with E-state index >= 15 is 0 Å². The highest BCUT2D eigenvalue weighted by Gasteiger charge is 2.35. The minimum Gasteiger partial charge on any atom is -0.379 e. The van der Waals surface area contributed by atoms with Crippen molar-refractivity contribution in [1.82, 2.24) is 10.2 Å². The number of benzene rings is 2. The number of nitrogens with one attached hydrogen (secondary N) is 2. The Labute approximate surface area is 206 Å². The molecule has 2 N–H and O–H groups in total. The number of nitrogens with zero attached hydrogens (tertiary/aromatic N) is 2. The standard InChI is InChI=1S/C27H34N4O4/c1-19-8-9-22(16-20(19)2)31-18-21(17-25(31)32)26(33)29-24-7-4-3-6-23(24)27(34)28-10-5-11-30-12-14-35-15-13-30/h3-4,6-9,16,21H,5,10-15,17-18H2,1-2H3,(H,28,34)(H,29,33)/t21-/m1/s1.